The predicted molar refractivity (Wildman–Crippen MR) is 138 cm³/mol. The number of rotatable bonds is 7. The quantitative estimate of drug-likeness (QED) is 0.308. The zero-order chi connectivity index (χ0) is 27.7. The first-order valence-electron chi connectivity index (χ1n) is 11.4. The molecule has 0 saturated carbocycles. The highest BCUT2D eigenvalue weighted by atomic mass is 35.5. The highest BCUT2D eigenvalue weighted by Crippen LogP contribution is 2.36. The number of nitrogens with one attached hydrogen (secondary N) is 1. The topological polar surface area (TPSA) is 119 Å². The van der Waals surface area contributed by atoms with Gasteiger partial charge in [0.15, 0.2) is 5.13 Å². The molecule has 0 aliphatic carbocycles. The minimum absolute atomic E-state index is 0.0764. The van der Waals surface area contributed by atoms with Gasteiger partial charge in [0, 0.05) is 29.2 Å². The van der Waals surface area contributed by atoms with Crippen LogP contribution in [0.1, 0.15) is 37.0 Å². The van der Waals surface area contributed by atoms with E-state index in [1.165, 1.54) is 54.1 Å². The van der Waals surface area contributed by atoms with Crippen LogP contribution in [0.5, 0.6) is 11.6 Å². The number of carbonyl (C=O) groups is 2. The van der Waals surface area contributed by atoms with Gasteiger partial charge in [-0.15, -0.1) is 0 Å². The fraction of sp³-hybridized carbons (Fsp3) is 0.200. The van der Waals surface area contributed by atoms with Crippen molar-refractivity contribution in [3.8, 4) is 22.8 Å². The molecular weight excluding hydrogens is 554 g/mol. The van der Waals surface area contributed by atoms with E-state index in [4.69, 9.17) is 16.3 Å². The van der Waals surface area contributed by atoms with Crippen molar-refractivity contribution in [2.75, 3.05) is 12.4 Å². The molecule has 0 bridgehead atoms. The number of halogens is 3. The van der Waals surface area contributed by atoms with Crippen LogP contribution in [-0.4, -0.2) is 50.4 Å². The lowest BCUT2D eigenvalue weighted by atomic mass is 10.0. The predicted octanol–water partition coefficient (Wildman–Crippen LogP) is 4.98. The second-order valence-corrected chi connectivity index (χ2v) is 9.79. The molecule has 0 saturated heterocycles. The average Bonchev–Trinajstić information content (AvgIpc) is 3.47. The lowest BCUT2D eigenvalue weighted by Crippen LogP contribution is -2.26. The Labute approximate surface area is 229 Å². The first-order valence-corrected chi connectivity index (χ1v) is 12.6. The molecule has 0 spiro atoms. The number of alkyl halides is 2. The number of amides is 2. The van der Waals surface area contributed by atoms with Crippen molar-refractivity contribution in [2.24, 2.45) is 0 Å². The van der Waals surface area contributed by atoms with E-state index < -0.39 is 24.3 Å². The molecule has 0 aromatic carbocycles. The maximum absolute atomic E-state index is 13.3. The Bertz CT molecular complexity index is 1560. The molecule has 0 atom stereocenters. The molecule has 4 aromatic heterocycles. The van der Waals surface area contributed by atoms with Crippen molar-refractivity contribution in [2.45, 2.75) is 26.6 Å². The third-order valence-corrected chi connectivity index (χ3v) is 7.00. The zero-order valence-electron chi connectivity index (χ0n) is 20.4. The highest BCUT2D eigenvalue weighted by molar-refractivity contribution is 7.16. The van der Waals surface area contributed by atoms with Crippen LogP contribution in [0.25, 0.3) is 11.1 Å². The van der Waals surface area contributed by atoms with Crippen LogP contribution in [0.15, 0.2) is 42.9 Å². The summed E-state index contributed by atoms with van der Waals surface area (Å²) in [6.45, 7) is -0.990. The Morgan fingerprint density at radius 1 is 1.13 bits per heavy atom. The number of nitrogens with zero attached hydrogens (tertiary/aromatic N) is 5. The summed E-state index contributed by atoms with van der Waals surface area (Å²) in [7, 11) is 1.49. The van der Waals surface area contributed by atoms with Crippen LogP contribution in [0.2, 0.25) is 5.15 Å². The fourth-order valence-electron chi connectivity index (χ4n) is 4.06. The Hall–Kier alpha value is -4.23. The molecular formula is C25H19ClF2N6O4S. The summed E-state index contributed by atoms with van der Waals surface area (Å²) in [6.07, 6.45) is 4.20. The van der Waals surface area contributed by atoms with Crippen LogP contribution in [0.3, 0.4) is 0 Å². The summed E-state index contributed by atoms with van der Waals surface area (Å²) in [4.78, 5) is 45.0. The van der Waals surface area contributed by atoms with Crippen LogP contribution in [-0.2, 0) is 13.1 Å². The number of anilines is 1. The fourth-order valence-corrected chi connectivity index (χ4v) is 5.20. The second kappa shape index (κ2) is 10.9. The van der Waals surface area contributed by atoms with E-state index in [1.54, 1.807) is 19.1 Å². The first kappa shape index (κ1) is 26.4. The molecule has 0 fully saturated rings. The molecule has 5 rings (SSSR count). The maximum atomic E-state index is 13.3. The van der Waals surface area contributed by atoms with E-state index in [-0.39, 0.29) is 29.4 Å². The minimum Gasteiger partial charge on any atom is -0.494 e. The molecule has 10 nitrogen and oxygen atoms in total. The first-order chi connectivity index (χ1) is 18.7. The molecule has 5 heterocycles. The number of carbonyl (C=O) groups excluding carboxylic acids is 2. The van der Waals surface area contributed by atoms with Crippen LogP contribution in [0.4, 0.5) is 13.9 Å². The molecule has 39 heavy (non-hydrogen) atoms. The zero-order valence-corrected chi connectivity index (χ0v) is 22.0. The van der Waals surface area contributed by atoms with Crippen molar-refractivity contribution < 1.29 is 27.8 Å². The van der Waals surface area contributed by atoms with Crippen LogP contribution in [0, 0.1) is 6.92 Å². The van der Waals surface area contributed by atoms with Crippen LogP contribution < -0.4 is 14.8 Å². The van der Waals surface area contributed by atoms with E-state index in [9.17, 15) is 18.4 Å². The molecule has 4 aromatic rings. The third-order valence-electron chi connectivity index (χ3n) is 5.79. The summed E-state index contributed by atoms with van der Waals surface area (Å²) in [5, 5.41) is 3.37. The minimum atomic E-state index is -3.11. The van der Waals surface area contributed by atoms with Gasteiger partial charge in [0.2, 0.25) is 5.88 Å². The number of hydrogen-bond donors (Lipinski definition) is 1. The van der Waals surface area contributed by atoms with Gasteiger partial charge in [0.1, 0.15) is 16.5 Å². The van der Waals surface area contributed by atoms with E-state index in [2.05, 4.69) is 30.0 Å². The van der Waals surface area contributed by atoms with Crippen molar-refractivity contribution in [3.63, 3.8) is 0 Å². The van der Waals surface area contributed by atoms with Gasteiger partial charge in [-0.05, 0) is 31.2 Å². The molecule has 0 radical (unpaired) electrons. The number of hydrogen-bond acceptors (Lipinski definition) is 9. The second-order valence-electron chi connectivity index (χ2n) is 8.32. The van der Waals surface area contributed by atoms with E-state index in [0.29, 0.717) is 33.4 Å². The summed E-state index contributed by atoms with van der Waals surface area (Å²) in [5.74, 6) is -0.970. The molecule has 2 amide bonds. The number of thiazole rings is 1. The summed E-state index contributed by atoms with van der Waals surface area (Å²) < 4.78 is 35.2. The summed E-state index contributed by atoms with van der Waals surface area (Å²) >= 11 is 7.32. The van der Waals surface area contributed by atoms with Gasteiger partial charge >= 0.3 is 6.61 Å². The monoisotopic (exact) mass is 572 g/mol. The van der Waals surface area contributed by atoms with Crippen molar-refractivity contribution in [3.05, 3.63) is 75.4 Å². The lowest BCUT2D eigenvalue weighted by molar-refractivity contribution is -0.0533. The molecule has 14 heteroatoms. The number of aryl methyl sites for hydroxylation is 1. The van der Waals surface area contributed by atoms with E-state index in [1.807, 2.05) is 0 Å². The smallest absolute Gasteiger partial charge is 0.388 e. The van der Waals surface area contributed by atoms with Gasteiger partial charge in [-0.25, -0.2) is 15.0 Å². The molecule has 1 aliphatic heterocycles. The molecule has 200 valence electrons. The van der Waals surface area contributed by atoms with E-state index in [0.717, 1.165) is 4.88 Å². The Kier molecular flexibility index (Phi) is 7.35. The normalized spacial score (nSPS) is 12.4. The van der Waals surface area contributed by atoms with Crippen molar-refractivity contribution in [1.82, 2.24) is 24.8 Å². The van der Waals surface area contributed by atoms with Crippen molar-refractivity contribution in [1.29, 1.82) is 0 Å². The number of aromatic nitrogens is 4. The van der Waals surface area contributed by atoms with Crippen LogP contribution >= 0.6 is 22.9 Å². The number of ether oxygens (including phenoxy) is 2. The van der Waals surface area contributed by atoms with Gasteiger partial charge in [-0.1, -0.05) is 22.9 Å². The SMILES string of the molecule is COc1cnc(Cl)cc1-c1cc(C)ncc1C(=O)Nc1nc2c(s1)CN(C(=O)c1cccnc1OC(F)F)C2. The maximum Gasteiger partial charge on any atom is 0.388 e. The van der Waals surface area contributed by atoms with Gasteiger partial charge in [0.25, 0.3) is 11.8 Å². The van der Waals surface area contributed by atoms with Gasteiger partial charge < -0.3 is 14.4 Å². The molecule has 1 aliphatic rings. The number of fused-ring (bicyclic) bond motifs is 1. The molecule has 0 unspecified atom stereocenters. The number of methoxy groups -OCH3 is 1. The lowest BCUT2D eigenvalue weighted by Gasteiger charge is -2.17. The Balaban J connectivity index is 1.34. The number of pyridine rings is 3. The summed E-state index contributed by atoms with van der Waals surface area (Å²) in [6, 6.07) is 6.19. The standard InChI is InChI=1S/C25H19ClF2N6O4S/c1-12-6-14(15-7-20(26)31-9-18(15)37-2)16(8-30-12)21(35)33-25-32-17-10-34(11-19(17)39-25)23(36)13-4-3-5-29-22(13)38-24(27)28/h3-9,24H,10-11H2,1-2H3,(H,32,33,35). The largest absolute Gasteiger partial charge is 0.494 e. The van der Waals surface area contributed by atoms with Crippen molar-refractivity contribution >= 4 is 39.9 Å². The van der Waals surface area contributed by atoms with E-state index >= 15 is 0 Å². The third kappa shape index (κ3) is 5.49. The highest BCUT2D eigenvalue weighted by Gasteiger charge is 2.31. The van der Waals surface area contributed by atoms with Gasteiger partial charge in [-0.3, -0.25) is 19.9 Å². The summed E-state index contributed by atoms with van der Waals surface area (Å²) in [5.41, 5.74) is 2.61. The average molecular weight is 573 g/mol. The Morgan fingerprint density at radius 3 is 2.69 bits per heavy atom. The molecule has 1 N–H and O–H groups in total. The van der Waals surface area contributed by atoms with Gasteiger partial charge in [-0.2, -0.15) is 8.78 Å². The Morgan fingerprint density at radius 2 is 1.95 bits per heavy atom. The van der Waals surface area contributed by atoms with Gasteiger partial charge in [0.05, 0.1) is 42.5 Å².